The zero-order chi connectivity index (χ0) is 33.7. The highest BCUT2D eigenvalue weighted by Gasteiger charge is 2.83. The van der Waals surface area contributed by atoms with Crippen LogP contribution >= 0.6 is 0 Å². The summed E-state index contributed by atoms with van der Waals surface area (Å²) in [7, 11) is 0. The molecule has 0 radical (unpaired) electrons. The van der Waals surface area contributed by atoms with E-state index in [2.05, 4.69) is 19.9 Å². The van der Waals surface area contributed by atoms with Crippen molar-refractivity contribution in [3.63, 3.8) is 0 Å². The first kappa shape index (κ1) is 34.7. The Morgan fingerprint density at radius 2 is 1.62 bits per heavy atom. The third-order valence-electron chi connectivity index (χ3n) is 9.39. The molecule has 6 rings (SSSR count). The predicted octanol–water partition coefficient (Wildman–Crippen LogP) is 9.14. The van der Waals surface area contributed by atoms with Crippen LogP contribution < -0.4 is 9.47 Å². The molecule has 3 heterocycles. The van der Waals surface area contributed by atoms with E-state index in [1.165, 1.54) is 6.42 Å². The number of allylic oxidation sites excluding steroid dienone is 4. The van der Waals surface area contributed by atoms with Crippen LogP contribution in [0.2, 0.25) is 0 Å². The van der Waals surface area contributed by atoms with Crippen molar-refractivity contribution in [1.29, 1.82) is 0 Å². The SMILES string of the molecule is CC.CC(C)=CCc1c2c(c(O)c3c1OC[C@H]1CC(C)(C)O[C@@]4(CC=C(C)C)C(=O)[C@@H]5C=C(C3=O)C154)C=CC(C)(C)O2.CCC. The highest BCUT2D eigenvalue weighted by molar-refractivity contribution is 6.20. The Morgan fingerprint density at radius 1 is 1.00 bits per heavy atom. The molecule has 4 atom stereocenters. The highest BCUT2D eigenvalue weighted by atomic mass is 16.5. The maximum absolute atomic E-state index is 14.6. The summed E-state index contributed by atoms with van der Waals surface area (Å²) in [5.74, 6) is 0.0655. The Labute approximate surface area is 270 Å². The van der Waals surface area contributed by atoms with E-state index in [4.69, 9.17) is 14.2 Å². The van der Waals surface area contributed by atoms with Gasteiger partial charge in [0.25, 0.3) is 0 Å². The molecule has 1 spiro atoms. The third-order valence-corrected chi connectivity index (χ3v) is 9.39. The zero-order valence-corrected chi connectivity index (χ0v) is 29.6. The number of ether oxygens (including phenoxy) is 3. The van der Waals surface area contributed by atoms with E-state index in [9.17, 15) is 14.7 Å². The molecule has 6 heteroatoms. The number of rotatable bonds is 4. The molecule has 1 aromatic carbocycles. The van der Waals surface area contributed by atoms with Gasteiger partial charge in [0, 0.05) is 23.5 Å². The Balaban J connectivity index is 0.000000871. The number of ketones is 2. The first-order valence-electron chi connectivity index (χ1n) is 16.8. The Bertz CT molecular complexity index is 1490. The highest BCUT2D eigenvalue weighted by Crippen LogP contribution is 2.75. The largest absolute Gasteiger partial charge is 0.506 e. The quantitative estimate of drug-likeness (QED) is 0.339. The monoisotopic (exact) mass is 618 g/mol. The van der Waals surface area contributed by atoms with Gasteiger partial charge in [0.05, 0.1) is 29.1 Å². The fourth-order valence-corrected chi connectivity index (χ4v) is 7.75. The summed E-state index contributed by atoms with van der Waals surface area (Å²) in [6.45, 7) is 24.6. The van der Waals surface area contributed by atoms with Gasteiger partial charge >= 0.3 is 0 Å². The molecular formula is C39H54O6. The lowest BCUT2D eigenvalue weighted by Crippen LogP contribution is -2.83. The van der Waals surface area contributed by atoms with Crippen molar-refractivity contribution in [2.45, 2.75) is 126 Å². The van der Waals surface area contributed by atoms with Crippen LogP contribution in [0.3, 0.4) is 0 Å². The lowest BCUT2D eigenvalue weighted by Gasteiger charge is -2.73. The van der Waals surface area contributed by atoms with E-state index < -0.39 is 22.2 Å². The normalized spacial score (nSPS) is 28.7. The third kappa shape index (κ3) is 5.31. The van der Waals surface area contributed by atoms with Crippen molar-refractivity contribution >= 4 is 17.6 Å². The summed E-state index contributed by atoms with van der Waals surface area (Å²) in [6, 6.07) is 0. The average Bonchev–Trinajstić information content (AvgIpc) is 2.93. The molecule has 2 aliphatic carbocycles. The van der Waals surface area contributed by atoms with Gasteiger partial charge in [-0.05, 0) is 80.4 Å². The molecule has 0 aromatic heterocycles. The van der Waals surface area contributed by atoms with Crippen molar-refractivity contribution in [2.24, 2.45) is 17.3 Å². The second-order valence-corrected chi connectivity index (χ2v) is 14.5. The number of aromatic hydroxyl groups is 1. The van der Waals surface area contributed by atoms with Crippen LogP contribution in [0.5, 0.6) is 17.2 Å². The number of phenolic OH excluding ortho intramolecular Hbond substituents is 1. The number of carbonyl (C=O) groups is 2. The van der Waals surface area contributed by atoms with Crippen molar-refractivity contribution in [1.82, 2.24) is 0 Å². The van der Waals surface area contributed by atoms with Crippen LogP contribution in [0.25, 0.3) is 6.08 Å². The van der Waals surface area contributed by atoms with Gasteiger partial charge < -0.3 is 19.3 Å². The van der Waals surface area contributed by atoms with E-state index in [-0.39, 0.29) is 34.7 Å². The van der Waals surface area contributed by atoms with Crippen LogP contribution in [0.4, 0.5) is 0 Å². The molecule has 2 fully saturated rings. The summed E-state index contributed by atoms with van der Waals surface area (Å²) in [5.41, 5.74) is 1.17. The molecule has 1 saturated heterocycles. The second-order valence-electron chi connectivity index (χ2n) is 14.5. The summed E-state index contributed by atoms with van der Waals surface area (Å²) >= 11 is 0. The molecule has 1 N–H and O–H groups in total. The van der Waals surface area contributed by atoms with Crippen LogP contribution in [-0.4, -0.2) is 40.1 Å². The van der Waals surface area contributed by atoms with E-state index >= 15 is 0 Å². The predicted molar refractivity (Wildman–Crippen MR) is 181 cm³/mol. The van der Waals surface area contributed by atoms with Gasteiger partial charge in [-0.3, -0.25) is 9.59 Å². The maximum atomic E-state index is 14.6. The molecule has 5 aliphatic rings. The van der Waals surface area contributed by atoms with Crippen LogP contribution in [0.1, 0.15) is 124 Å². The van der Waals surface area contributed by atoms with Gasteiger partial charge in [-0.1, -0.05) is 63.5 Å². The lowest BCUT2D eigenvalue weighted by molar-refractivity contribution is -0.293. The molecule has 0 amide bonds. The molecule has 246 valence electrons. The number of fused-ring (bicyclic) bond motifs is 2. The number of hydrogen-bond acceptors (Lipinski definition) is 6. The maximum Gasteiger partial charge on any atom is 0.196 e. The summed E-state index contributed by atoms with van der Waals surface area (Å²) in [4.78, 5) is 28.3. The van der Waals surface area contributed by atoms with Gasteiger partial charge in [-0.25, -0.2) is 0 Å². The molecule has 1 saturated carbocycles. The van der Waals surface area contributed by atoms with Crippen molar-refractivity contribution in [3.05, 3.63) is 57.7 Å². The van der Waals surface area contributed by atoms with Crippen molar-refractivity contribution < 1.29 is 28.9 Å². The topological polar surface area (TPSA) is 82.1 Å². The smallest absolute Gasteiger partial charge is 0.196 e. The minimum absolute atomic E-state index is 0.0394. The average molecular weight is 619 g/mol. The summed E-state index contributed by atoms with van der Waals surface area (Å²) in [5, 5.41) is 11.6. The standard InChI is InChI=1S/C34H40O6.C3H8.C2H6/c1-18(2)9-10-22-28-21(12-13-31(5,6)39-28)26(35)25-27(36)23-15-24-30(37)33(14-11-19(3)4)34(23,24)20(17-38-29(22)25)16-32(7,8)40-33;1-3-2;1-2/h9,11-13,15,20,24,35H,10,14,16-17H2,1-8H3;3H2,1-2H3;1-2H3/t20-,24+,33+,34?;;/m1../s1. The van der Waals surface area contributed by atoms with Gasteiger partial charge in [-0.2, -0.15) is 0 Å². The van der Waals surface area contributed by atoms with Crippen LogP contribution in [0.15, 0.2) is 41.0 Å². The zero-order valence-electron chi connectivity index (χ0n) is 29.6. The fourth-order valence-electron chi connectivity index (χ4n) is 7.75. The molecule has 3 aliphatic heterocycles. The van der Waals surface area contributed by atoms with Gasteiger partial charge in [0.2, 0.25) is 0 Å². The van der Waals surface area contributed by atoms with Crippen molar-refractivity contribution in [3.8, 4) is 17.2 Å². The molecule has 6 nitrogen and oxygen atoms in total. The first-order valence-corrected chi connectivity index (χ1v) is 16.8. The van der Waals surface area contributed by atoms with E-state index in [0.717, 1.165) is 16.7 Å². The Morgan fingerprint density at radius 3 is 2.22 bits per heavy atom. The fraction of sp³-hybridized carbons (Fsp3) is 0.590. The van der Waals surface area contributed by atoms with Crippen LogP contribution in [0, 0.1) is 17.3 Å². The van der Waals surface area contributed by atoms with Gasteiger partial charge in [0.1, 0.15) is 34.0 Å². The Kier molecular flexibility index (Phi) is 9.45. The van der Waals surface area contributed by atoms with Crippen LogP contribution in [-0.2, 0) is 16.0 Å². The Hall–Kier alpha value is -3.12. The molecule has 0 bridgehead atoms. The lowest BCUT2D eigenvalue weighted by atomic mass is 9.33. The van der Waals surface area contributed by atoms with Gasteiger partial charge in [0.15, 0.2) is 11.6 Å². The van der Waals surface area contributed by atoms with E-state index in [0.29, 0.717) is 48.5 Å². The molecule has 1 aromatic rings. The second kappa shape index (κ2) is 12.2. The minimum Gasteiger partial charge on any atom is -0.506 e. The summed E-state index contributed by atoms with van der Waals surface area (Å²) in [6.07, 6.45) is 12.5. The first-order chi connectivity index (χ1) is 21.1. The van der Waals surface area contributed by atoms with Gasteiger partial charge in [-0.15, -0.1) is 0 Å². The van der Waals surface area contributed by atoms with E-state index in [1.807, 2.05) is 93.5 Å². The summed E-state index contributed by atoms with van der Waals surface area (Å²) < 4.78 is 19.7. The molecular weight excluding hydrogens is 564 g/mol. The van der Waals surface area contributed by atoms with E-state index in [1.54, 1.807) is 0 Å². The molecule has 1 unspecified atom stereocenters. The number of carbonyl (C=O) groups excluding carboxylic acids is 2. The minimum atomic E-state index is -1.12. The van der Waals surface area contributed by atoms with Crippen molar-refractivity contribution in [2.75, 3.05) is 6.61 Å². The molecule has 45 heavy (non-hydrogen) atoms. The number of Topliss-reactive ketones (excluding diaryl/α,β-unsaturated/α-hetero) is 2. The number of benzene rings is 1. The number of phenols is 1. The number of hydrogen-bond donors (Lipinski definition) is 1.